The van der Waals surface area contributed by atoms with Crippen molar-refractivity contribution in [1.29, 1.82) is 0 Å². The Kier molecular flexibility index (Phi) is 5.06. The standard InChI is InChI=1S/C23H29N5O2/c1-16-12-21(25-23(24-16)26-8-10-30-11-9-26)27-13-19-14-28(17(2)29)22(20(19)15-27)18-6-4-3-5-7-18/h3-7,12,19-20,22H,8-11,13-15H2,1-2H3/t19-,20-,22+/m1/s1. The van der Waals surface area contributed by atoms with Crippen LogP contribution in [0, 0.1) is 18.8 Å². The summed E-state index contributed by atoms with van der Waals surface area (Å²) in [6.45, 7) is 9.49. The Balaban J connectivity index is 1.40. The second kappa shape index (κ2) is 7.87. The van der Waals surface area contributed by atoms with E-state index in [1.54, 1.807) is 6.92 Å². The van der Waals surface area contributed by atoms with Crippen LogP contribution in [0.15, 0.2) is 36.4 Å². The van der Waals surface area contributed by atoms with E-state index in [1.165, 1.54) is 5.56 Å². The number of rotatable bonds is 3. The fraction of sp³-hybridized carbons (Fsp3) is 0.522. The maximum Gasteiger partial charge on any atom is 0.227 e. The summed E-state index contributed by atoms with van der Waals surface area (Å²) in [5, 5.41) is 0. The number of hydrogen-bond acceptors (Lipinski definition) is 6. The molecule has 7 heteroatoms. The number of aryl methyl sites for hydroxylation is 1. The van der Waals surface area contributed by atoms with Crippen LogP contribution in [-0.2, 0) is 9.53 Å². The first-order valence-corrected chi connectivity index (χ1v) is 10.9. The molecule has 2 aromatic rings. The van der Waals surface area contributed by atoms with E-state index >= 15 is 0 Å². The van der Waals surface area contributed by atoms with Crippen LogP contribution in [0.3, 0.4) is 0 Å². The van der Waals surface area contributed by atoms with Gasteiger partial charge in [0.15, 0.2) is 0 Å². The summed E-state index contributed by atoms with van der Waals surface area (Å²) in [5.74, 6) is 2.84. The van der Waals surface area contributed by atoms with E-state index in [0.29, 0.717) is 11.8 Å². The van der Waals surface area contributed by atoms with Gasteiger partial charge in [0.05, 0.1) is 19.3 Å². The molecule has 0 aliphatic carbocycles. The van der Waals surface area contributed by atoms with E-state index in [0.717, 1.165) is 63.4 Å². The summed E-state index contributed by atoms with van der Waals surface area (Å²) >= 11 is 0. The molecule has 3 aliphatic rings. The minimum absolute atomic E-state index is 0.139. The van der Waals surface area contributed by atoms with Gasteiger partial charge in [0.1, 0.15) is 5.82 Å². The molecule has 1 aromatic carbocycles. The number of anilines is 2. The van der Waals surface area contributed by atoms with Gasteiger partial charge in [-0.1, -0.05) is 30.3 Å². The van der Waals surface area contributed by atoms with Crippen LogP contribution in [-0.4, -0.2) is 66.7 Å². The highest BCUT2D eigenvalue weighted by Crippen LogP contribution is 2.45. The minimum Gasteiger partial charge on any atom is -0.378 e. The van der Waals surface area contributed by atoms with Gasteiger partial charge in [-0.3, -0.25) is 4.79 Å². The number of carbonyl (C=O) groups is 1. The lowest BCUT2D eigenvalue weighted by molar-refractivity contribution is -0.130. The SMILES string of the molecule is CC(=O)N1C[C@H]2CN(c3cc(C)nc(N4CCOCC4)n3)C[C@H]2[C@@H]1c1ccccc1. The lowest BCUT2D eigenvalue weighted by Gasteiger charge is -2.30. The third-order valence-corrected chi connectivity index (χ3v) is 6.66. The summed E-state index contributed by atoms with van der Waals surface area (Å²) in [7, 11) is 0. The van der Waals surface area contributed by atoms with E-state index in [1.807, 2.05) is 13.0 Å². The zero-order valence-corrected chi connectivity index (χ0v) is 17.7. The maximum absolute atomic E-state index is 12.4. The number of ether oxygens (including phenoxy) is 1. The topological polar surface area (TPSA) is 61.8 Å². The number of likely N-dealkylation sites (tertiary alicyclic amines) is 1. The highest BCUT2D eigenvalue weighted by molar-refractivity contribution is 5.74. The molecule has 3 aliphatic heterocycles. The number of fused-ring (bicyclic) bond motifs is 1. The lowest BCUT2D eigenvalue weighted by atomic mass is 9.89. The average molecular weight is 408 g/mol. The first-order valence-electron chi connectivity index (χ1n) is 10.9. The van der Waals surface area contributed by atoms with Crippen molar-refractivity contribution in [2.75, 3.05) is 55.7 Å². The number of nitrogens with zero attached hydrogens (tertiary/aromatic N) is 5. The van der Waals surface area contributed by atoms with E-state index in [9.17, 15) is 4.79 Å². The highest BCUT2D eigenvalue weighted by Gasteiger charge is 2.48. The molecule has 0 bridgehead atoms. The summed E-state index contributed by atoms with van der Waals surface area (Å²) < 4.78 is 5.48. The van der Waals surface area contributed by atoms with Gasteiger partial charge in [-0.2, -0.15) is 4.98 Å². The molecule has 7 nitrogen and oxygen atoms in total. The van der Waals surface area contributed by atoms with E-state index in [-0.39, 0.29) is 11.9 Å². The Morgan fingerprint density at radius 3 is 2.53 bits per heavy atom. The zero-order valence-electron chi connectivity index (χ0n) is 17.7. The third-order valence-electron chi connectivity index (χ3n) is 6.66. The molecule has 1 aromatic heterocycles. The molecule has 0 spiro atoms. The Hall–Kier alpha value is -2.67. The molecule has 1 amide bonds. The van der Waals surface area contributed by atoms with Gasteiger partial charge < -0.3 is 19.4 Å². The van der Waals surface area contributed by atoms with Crippen molar-refractivity contribution in [3.05, 3.63) is 47.7 Å². The van der Waals surface area contributed by atoms with Crippen LogP contribution in [0.25, 0.3) is 0 Å². The van der Waals surface area contributed by atoms with Crippen LogP contribution in [0.5, 0.6) is 0 Å². The van der Waals surface area contributed by atoms with Gasteiger partial charge in [0.2, 0.25) is 11.9 Å². The molecule has 0 saturated carbocycles. The van der Waals surface area contributed by atoms with Crippen molar-refractivity contribution in [2.45, 2.75) is 19.9 Å². The van der Waals surface area contributed by atoms with Crippen LogP contribution in [0.4, 0.5) is 11.8 Å². The molecule has 5 rings (SSSR count). The van der Waals surface area contributed by atoms with E-state index in [2.05, 4.69) is 50.0 Å². The molecule has 3 fully saturated rings. The first-order chi connectivity index (χ1) is 14.6. The Bertz CT molecular complexity index is 915. The van der Waals surface area contributed by atoms with Crippen molar-refractivity contribution < 1.29 is 9.53 Å². The summed E-state index contributed by atoms with van der Waals surface area (Å²) in [4.78, 5) is 28.6. The predicted octanol–water partition coefficient (Wildman–Crippen LogP) is 2.28. The molecule has 0 N–H and O–H groups in total. The third kappa shape index (κ3) is 3.51. The second-order valence-electron chi connectivity index (χ2n) is 8.62. The molecule has 3 atom stereocenters. The fourth-order valence-electron chi connectivity index (χ4n) is 5.24. The largest absolute Gasteiger partial charge is 0.378 e. The maximum atomic E-state index is 12.4. The molecule has 0 unspecified atom stereocenters. The van der Waals surface area contributed by atoms with Crippen molar-refractivity contribution >= 4 is 17.7 Å². The molecule has 3 saturated heterocycles. The van der Waals surface area contributed by atoms with E-state index < -0.39 is 0 Å². The monoisotopic (exact) mass is 407 g/mol. The number of amides is 1. The van der Waals surface area contributed by atoms with Crippen molar-refractivity contribution in [1.82, 2.24) is 14.9 Å². The van der Waals surface area contributed by atoms with Gasteiger partial charge >= 0.3 is 0 Å². The summed E-state index contributed by atoms with van der Waals surface area (Å²) in [5.41, 5.74) is 2.22. The molecule has 4 heterocycles. The van der Waals surface area contributed by atoms with Crippen LogP contribution < -0.4 is 9.80 Å². The second-order valence-corrected chi connectivity index (χ2v) is 8.62. The quantitative estimate of drug-likeness (QED) is 0.778. The average Bonchev–Trinajstić information content (AvgIpc) is 3.33. The predicted molar refractivity (Wildman–Crippen MR) is 116 cm³/mol. The number of benzene rings is 1. The summed E-state index contributed by atoms with van der Waals surface area (Å²) in [6.07, 6.45) is 0. The van der Waals surface area contributed by atoms with Gasteiger partial charge in [-0.25, -0.2) is 4.98 Å². The van der Waals surface area contributed by atoms with Gasteiger partial charge in [0, 0.05) is 63.2 Å². The number of hydrogen-bond donors (Lipinski definition) is 0. The fourth-order valence-corrected chi connectivity index (χ4v) is 5.24. The zero-order chi connectivity index (χ0) is 20.7. The number of aromatic nitrogens is 2. The van der Waals surface area contributed by atoms with Crippen molar-refractivity contribution in [3.63, 3.8) is 0 Å². The van der Waals surface area contributed by atoms with Crippen LogP contribution >= 0.6 is 0 Å². The Morgan fingerprint density at radius 2 is 1.80 bits per heavy atom. The van der Waals surface area contributed by atoms with Crippen LogP contribution in [0.2, 0.25) is 0 Å². The molecular weight excluding hydrogens is 378 g/mol. The Morgan fingerprint density at radius 1 is 1.03 bits per heavy atom. The molecular formula is C23H29N5O2. The Labute approximate surface area is 177 Å². The molecule has 0 radical (unpaired) electrons. The molecule has 158 valence electrons. The van der Waals surface area contributed by atoms with Crippen molar-refractivity contribution in [2.24, 2.45) is 11.8 Å². The molecule has 30 heavy (non-hydrogen) atoms. The van der Waals surface area contributed by atoms with Crippen LogP contribution in [0.1, 0.15) is 24.2 Å². The van der Waals surface area contributed by atoms with Gasteiger partial charge in [-0.15, -0.1) is 0 Å². The first kappa shape index (κ1) is 19.3. The summed E-state index contributed by atoms with van der Waals surface area (Å²) in [6, 6.07) is 12.7. The number of morpholine rings is 1. The highest BCUT2D eigenvalue weighted by atomic mass is 16.5. The van der Waals surface area contributed by atoms with Gasteiger partial charge in [0.25, 0.3) is 0 Å². The van der Waals surface area contributed by atoms with Crippen molar-refractivity contribution in [3.8, 4) is 0 Å². The van der Waals surface area contributed by atoms with Gasteiger partial charge in [-0.05, 0) is 12.5 Å². The minimum atomic E-state index is 0.139. The normalized spacial score (nSPS) is 26.2. The number of carbonyl (C=O) groups excluding carboxylic acids is 1. The van der Waals surface area contributed by atoms with E-state index in [4.69, 9.17) is 9.72 Å². The smallest absolute Gasteiger partial charge is 0.227 e. The lowest BCUT2D eigenvalue weighted by Crippen LogP contribution is -2.38.